The Balaban J connectivity index is 1.85. The summed E-state index contributed by atoms with van der Waals surface area (Å²) >= 11 is 2.60. The van der Waals surface area contributed by atoms with Crippen LogP contribution in [0.4, 0.5) is 29.2 Å². The lowest BCUT2D eigenvalue weighted by Crippen LogP contribution is -2.07. The SMILES string of the molecule is CCc1sc(-c2ccc(C(F)(F)F)c(F)c2)nc1CSc1nc(N)cc(N)n1. The lowest BCUT2D eigenvalue weighted by molar-refractivity contribution is -0.139. The third kappa shape index (κ3) is 4.53. The standard InChI is InChI=1S/C17H15F4N5S2/c1-2-12-11(7-27-16-25-13(22)6-14(23)26-16)24-15(28-12)8-3-4-9(10(18)5-8)17(19,20)21/h3-6H,2,7H2,1H3,(H4,22,23,25,26). The van der Waals surface area contributed by atoms with Crippen molar-refractivity contribution in [1.82, 2.24) is 15.0 Å². The van der Waals surface area contributed by atoms with Crippen LogP contribution in [0.3, 0.4) is 0 Å². The Hall–Kier alpha value is -2.40. The molecule has 0 atom stereocenters. The summed E-state index contributed by atoms with van der Waals surface area (Å²) < 4.78 is 52.1. The molecule has 0 spiro atoms. The van der Waals surface area contributed by atoms with Gasteiger partial charge in [-0.3, -0.25) is 0 Å². The third-order valence-corrected chi connectivity index (χ3v) is 5.85. The maximum Gasteiger partial charge on any atom is 0.419 e. The summed E-state index contributed by atoms with van der Waals surface area (Å²) in [6, 6.07) is 4.26. The largest absolute Gasteiger partial charge is 0.419 e. The van der Waals surface area contributed by atoms with Gasteiger partial charge in [-0.2, -0.15) is 13.2 Å². The molecule has 2 heterocycles. The van der Waals surface area contributed by atoms with E-state index in [2.05, 4.69) is 15.0 Å². The number of alkyl halides is 3. The van der Waals surface area contributed by atoms with Gasteiger partial charge in [0.15, 0.2) is 5.16 Å². The second-order valence-electron chi connectivity index (χ2n) is 5.72. The van der Waals surface area contributed by atoms with Crippen LogP contribution >= 0.6 is 23.1 Å². The van der Waals surface area contributed by atoms with Crippen molar-refractivity contribution >= 4 is 34.7 Å². The molecule has 0 radical (unpaired) electrons. The quantitative estimate of drug-likeness (QED) is 0.345. The van der Waals surface area contributed by atoms with Gasteiger partial charge in [0.05, 0.1) is 11.3 Å². The van der Waals surface area contributed by atoms with Gasteiger partial charge in [-0.15, -0.1) is 11.3 Å². The fraction of sp³-hybridized carbons (Fsp3) is 0.235. The van der Waals surface area contributed by atoms with Crippen molar-refractivity contribution in [3.8, 4) is 10.6 Å². The molecule has 28 heavy (non-hydrogen) atoms. The Kier molecular flexibility index (Phi) is 5.75. The van der Waals surface area contributed by atoms with Gasteiger partial charge in [0.2, 0.25) is 0 Å². The van der Waals surface area contributed by atoms with Crippen LogP contribution in [0.1, 0.15) is 23.1 Å². The molecule has 5 nitrogen and oxygen atoms in total. The first-order chi connectivity index (χ1) is 13.2. The number of aryl methyl sites for hydroxylation is 1. The average molecular weight is 429 g/mol. The van der Waals surface area contributed by atoms with Gasteiger partial charge in [-0.25, -0.2) is 19.3 Å². The number of nitrogens with zero attached hydrogens (tertiary/aromatic N) is 3. The zero-order chi connectivity index (χ0) is 20.5. The van der Waals surface area contributed by atoms with Gasteiger partial charge < -0.3 is 11.5 Å². The smallest absolute Gasteiger partial charge is 0.383 e. The van der Waals surface area contributed by atoms with Gasteiger partial charge in [0, 0.05) is 22.3 Å². The number of nitrogen functional groups attached to an aromatic ring is 2. The molecule has 148 valence electrons. The Morgan fingerprint density at radius 1 is 1.07 bits per heavy atom. The summed E-state index contributed by atoms with van der Waals surface area (Å²) in [5.74, 6) is -0.390. The highest BCUT2D eigenvalue weighted by atomic mass is 32.2. The van der Waals surface area contributed by atoms with Gasteiger partial charge in [-0.05, 0) is 18.6 Å². The summed E-state index contributed by atoms with van der Waals surface area (Å²) in [6.45, 7) is 1.94. The van der Waals surface area contributed by atoms with Gasteiger partial charge in [0.25, 0.3) is 0 Å². The lowest BCUT2D eigenvalue weighted by Gasteiger charge is -2.08. The second-order valence-corrected chi connectivity index (χ2v) is 7.75. The highest BCUT2D eigenvalue weighted by Crippen LogP contribution is 2.36. The van der Waals surface area contributed by atoms with Crippen molar-refractivity contribution in [3.63, 3.8) is 0 Å². The van der Waals surface area contributed by atoms with E-state index in [-0.39, 0.29) is 11.6 Å². The van der Waals surface area contributed by atoms with E-state index < -0.39 is 17.6 Å². The van der Waals surface area contributed by atoms with Gasteiger partial charge >= 0.3 is 6.18 Å². The monoisotopic (exact) mass is 429 g/mol. The molecule has 4 N–H and O–H groups in total. The van der Waals surface area contributed by atoms with Gasteiger partial charge in [0.1, 0.15) is 22.5 Å². The number of thioether (sulfide) groups is 1. The molecule has 2 aromatic heterocycles. The molecule has 0 saturated heterocycles. The number of nitrogens with two attached hydrogens (primary N) is 2. The van der Waals surface area contributed by atoms with Crippen LogP contribution in [0.5, 0.6) is 0 Å². The third-order valence-electron chi connectivity index (χ3n) is 3.70. The molecule has 3 rings (SSSR count). The molecule has 11 heteroatoms. The molecule has 0 fully saturated rings. The average Bonchev–Trinajstić information content (AvgIpc) is 3.01. The zero-order valence-corrected chi connectivity index (χ0v) is 16.2. The predicted molar refractivity (Wildman–Crippen MR) is 102 cm³/mol. The first-order valence-electron chi connectivity index (χ1n) is 8.06. The van der Waals surface area contributed by atoms with Crippen LogP contribution in [-0.4, -0.2) is 15.0 Å². The molecule has 0 unspecified atom stereocenters. The number of anilines is 2. The molecular weight excluding hydrogens is 414 g/mol. The van der Waals surface area contributed by atoms with E-state index in [9.17, 15) is 17.6 Å². The summed E-state index contributed by atoms with van der Waals surface area (Å²) in [5.41, 5.74) is 11.0. The van der Waals surface area contributed by atoms with E-state index in [0.717, 1.165) is 22.7 Å². The number of hydrogen-bond donors (Lipinski definition) is 2. The molecule has 0 aliphatic heterocycles. The molecule has 0 bridgehead atoms. The van der Waals surface area contributed by atoms with Gasteiger partial charge in [-0.1, -0.05) is 24.8 Å². The molecule has 0 aliphatic rings. The normalized spacial score (nSPS) is 11.8. The number of aromatic nitrogens is 3. The van der Waals surface area contributed by atoms with Crippen LogP contribution in [-0.2, 0) is 18.3 Å². The molecule has 3 aromatic rings. The fourth-order valence-electron chi connectivity index (χ4n) is 2.43. The Morgan fingerprint density at radius 3 is 2.32 bits per heavy atom. The van der Waals surface area contributed by atoms with Crippen LogP contribution in [0.15, 0.2) is 29.4 Å². The van der Waals surface area contributed by atoms with Crippen molar-refractivity contribution in [2.45, 2.75) is 30.4 Å². The number of halogens is 4. The van der Waals surface area contributed by atoms with E-state index in [1.54, 1.807) is 0 Å². The molecule has 0 aliphatic carbocycles. The topological polar surface area (TPSA) is 90.7 Å². The van der Waals surface area contributed by atoms with E-state index in [1.165, 1.54) is 35.2 Å². The minimum atomic E-state index is -4.73. The lowest BCUT2D eigenvalue weighted by atomic mass is 10.1. The second kappa shape index (κ2) is 7.92. The van der Waals surface area contributed by atoms with E-state index in [0.29, 0.717) is 27.9 Å². The van der Waals surface area contributed by atoms with Crippen LogP contribution < -0.4 is 11.5 Å². The van der Waals surface area contributed by atoms with E-state index in [1.807, 2.05) is 6.92 Å². The summed E-state index contributed by atoms with van der Waals surface area (Å²) in [7, 11) is 0. The van der Waals surface area contributed by atoms with E-state index >= 15 is 0 Å². The molecule has 0 saturated carbocycles. The zero-order valence-electron chi connectivity index (χ0n) is 14.5. The summed E-state index contributed by atoms with van der Waals surface area (Å²) in [5, 5.41) is 0.850. The maximum atomic E-state index is 13.9. The van der Waals surface area contributed by atoms with Crippen molar-refractivity contribution < 1.29 is 17.6 Å². The molecule has 0 amide bonds. The minimum Gasteiger partial charge on any atom is -0.383 e. The number of rotatable bonds is 5. The molecular formula is C17H15F4N5S2. The fourth-order valence-corrected chi connectivity index (χ4v) is 4.38. The van der Waals surface area contributed by atoms with Crippen LogP contribution in [0.25, 0.3) is 10.6 Å². The van der Waals surface area contributed by atoms with Crippen molar-refractivity contribution in [2.24, 2.45) is 0 Å². The highest BCUT2D eigenvalue weighted by Gasteiger charge is 2.34. The van der Waals surface area contributed by atoms with Crippen molar-refractivity contribution in [2.75, 3.05) is 11.5 Å². The first kappa shape index (κ1) is 20.3. The predicted octanol–water partition coefficient (Wildman–Crippen LogP) is 4.78. The van der Waals surface area contributed by atoms with Crippen LogP contribution in [0, 0.1) is 5.82 Å². The maximum absolute atomic E-state index is 13.9. The number of thiazole rings is 1. The summed E-state index contributed by atoms with van der Waals surface area (Å²) in [6.07, 6.45) is -4.06. The minimum absolute atomic E-state index is 0.255. The Bertz CT molecular complexity index is 983. The first-order valence-corrected chi connectivity index (χ1v) is 9.86. The van der Waals surface area contributed by atoms with Crippen molar-refractivity contribution in [1.29, 1.82) is 0 Å². The highest BCUT2D eigenvalue weighted by molar-refractivity contribution is 7.98. The Labute approximate surface area is 166 Å². The number of benzene rings is 1. The van der Waals surface area contributed by atoms with Crippen molar-refractivity contribution in [3.05, 3.63) is 46.2 Å². The number of hydrogen-bond acceptors (Lipinski definition) is 7. The van der Waals surface area contributed by atoms with Crippen LogP contribution in [0.2, 0.25) is 0 Å². The summed E-state index contributed by atoms with van der Waals surface area (Å²) in [4.78, 5) is 13.6. The van der Waals surface area contributed by atoms with E-state index in [4.69, 9.17) is 11.5 Å². The molecule has 1 aromatic carbocycles. The Morgan fingerprint density at radius 2 is 1.75 bits per heavy atom.